The van der Waals surface area contributed by atoms with E-state index < -0.39 is 6.10 Å². The predicted molar refractivity (Wildman–Crippen MR) is 106 cm³/mol. The van der Waals surface area contributed by atoms with Gasteiger partial charge in [-0.05, 0) is 38.0 Å². The molecule has 5 heteroatoms. The molecule has 5 nitrogen and oxygen atoms in total. The van der Waals surface area contributed by atoms with Gasteiger partial charge in [0, 0.05) is 13.0 Å². The number of hydrogen-bond acceptors (Lipinski definition) is 3. The maximum Gasteiger partial charge on any atom is 0.267 e. The molecule has 0 aliphatic carbocycles. The highest BCUT2D eigenvalue weighted by Crippen LogP contribution is 2.33. The SMILES string of the molecule is CCC(NC(=O)CCN1C(=O)C(C)Oc2ccccc21)c1ccc(C)cc1. The summed E-state index contributed by atoms with van der Waals surface area (Å²) >= 11 is 0. The van der Waals surface area contributed by atoms with Crippen LogP contribution in [0, 0.1) is 6.92 Å². The normalized spacial score (nSPS) is 17.1. The van der Waals surface area contributed by atoms with Crippen molar-refractivity contribution in [2.24, 2.45) is 0 Å². The van der Waals surface area contributed by atoms with E-state index >= 15 is 0 Å². The van der Waals surface area contributed by atoms with Crippen LogP contribution in [0.1, 0.15) is 43.9 Å². The summed E-state index contributed by atoms with van der Waals surface area (Å²) in [7, 11) is 0. The molecule has 0 saturated heterocycles. The van der Waals surface area contributed by atoms with Gasteiger partial charge in [-0.1, -0.05) is 48.9 Å². The van der Waals surface area contributed by atoms with E-state index in [2.05, 4.69) is 17.4 Å². The molecule has 2 atom stereocenters. The maximum atomic E-state index is 12.5. The second-order valence-electron chi connectivity index (χ2n) is 6.91. The molecule has 0 saturated carbocycles. The Labute approximate surface area is 160 Å². The van der Waals surface area contributed by atoms with Gasteiger partial charge in [-0.25, -0.2) is 0 Å². The van der Waals surface area contributed by atoms with Gasteiger partial charge in [-0.15, -0.1) is 0 Å². The van der Waals surface area contributed by atoms with E-state index in [9.17, 15) is 9.59 Å². The number of para-hydroxylation sites is 2. The Morgan fingerprint density at radius 3 is 2.59 bits per heavy atom. The maximum absolute atomic E-state index is 12.5. The highest BCUT2D eigenvalue weighted by Gasteiger charge is 2.31. The number of amides is 2. The zero-order valence-electron chi connectivity index (χ0n) is 16.1. The smallest absolute Gasteiger partial charge is 0.267 e. The summed E-state index contributed by atoms with van der Waals surface area (Å²) in [5.41, 5.74) is 3.01. The fraction of sp³-hybridized carbons (Fsp3) is 0.364. The van der Waals surface area contributed by atoms with Gasteiger partial charge in [0.25, 0.3) is 5.91 Å². The van der Waals surface area contributed by atoms with E-state index in [4.69, 9.17) is 4.74 Å². The second kappa shape index (κ2) is 8.25. The van der Waals surface area contributed by atoms with Crippen molar-refractivity contribution in [1.82, 2.24) is 5.32 Å². The topological polar surface area (TPSA) is 58.6 Å². The average Bonchev–Trinajstić information content (AvgIpc) is 2.67. The third-order valence-electron chi connectivity index (χ3n) is 4.86. The fourth-order valence-corrected chi connectivity index (χ4v) is 3.29. The summed E-state index contributed by atoms with van der Waals surface area (Å²) in [6.07, 6.45) is 0.513. The van der Waals surface area contributed by atoms with Crippen LogP contribution in [0.5, 0.6) is 5.75 Å². The summed E-state index contributed by atoms with van der Waals surface area (Å²) < 4.78 is 5.64. The second-order valence-corrected chi connectivity index (χ2v) is 6.91. The van der Waals surface area contributed by atoms with Gasteiger partial charge >= 0.3 is 0 Å². The van der Waals surface area contributed by atoms with Crippen LogP contribution in [-0.4, -0.2) is 24.5 Å². The molecule has 0 fully saturated rings. The molecule has 27 heavy (non-hydrogen) atoms. The molecule has 142 valence electrons. The molecule has 0 bridgehead atoms. The van der Waals surface area contributed by atoms with Crippen molar-refractivity contribution in [3.05, 3.63) is 59.7 Å². The van der Waals surface area contributed by atoms with Crippen molar-refractivity contribution in [2.75, 3.05) is 11.4 Å². The third kappa shape index (κ3) is 4.30. The van der Waals surface area contributed by atoms with Crippen LogP contribution in [0.2, 0.25) is 0 Å². The highest BCUT2D eigenvalue weighted by atomic mass is 16.5. The average molecular weight is 366 g/mol. The highest BCUT2D eigenvalue weighted by molar-refractivity contribution is 6.00. The van der Waals surface area contributed by atoms with E-state index in [0.29, 0.717) is 12.3 Å². The van der Waals surface area contributed by atoms with Crippen molar-refractivity contribution < 1.29 is 14.3 Å². The van der Waals surface area contributed by atoms with E-state index in [1.807, 2.05) is 50.2 Å². The molecule has 2 unspecified atom stereocenters. The number of benzene rings is 2. The Bertz CT molecular complexity index is 817. The van der Waals surface area contributed by atoms with Gasteiger partial charge in [0.2, 0.25) is 5.91 Å². The Balaban J connectivity index is 1.64. The van der Waals surface area contributed by atoms with E-state index in [1.165, 1.54) is 5.56 Å². The van der Waals surface area contributed by atoms with Crippen LogP contribution < -0.4 is 15.0 Å². The van der Waals surface area contributed by atoms with Crippen LogP contribution >= 0.6 is 0 Å². The molecule has 2 aromatic rings. The number of aryl methyl sites for hydroxylation is 1. The largest absolute Gasteiger partial charge is 0.479 e. The minimum Gasteiger partial charge on any atom is -0.479 e. The van der Waals surface area contributed by atoms with Crippen LogP contribution in [0.25, 0.3) is 0 Å². The summed E-state index contributed by atoms with van der Waals surface area (Å²) in [6, 6.07) is 15.6. The number of carbonyl (C=O) groups is 2. The van der Waals surface area contributed by atoms with Crippen molar-refractivity contribution in [2.45, 2.75) is 45.8 Å². The van der Waals surface area contributed by atoms with Crippen LogP contribution in [0.4, 0.5) is 5.69 Å². The lowest BCUT2D eigenvalue weighted by atomic mass is 10.0. The Morgan fingerprint density at radius 1 is 1.19 bits per heavy atom. The molecule has 2 amide bonds. The molecule has 0 radical (unpaired) electrons. The molecule has 1 heterocycles. The van der Waals surface area contributed by atoms with Gasteiger partial charge in [0.05, 0.1) is 11.7 Å². The van der Waals surface area contributed by atoms with Gasteiger partial charge in [0.15, 0.2) is 6.10 Å². The van der Waals surface area contributed by atoms with Gasteiger partial charge in [-0.3, -0.25) is 9.59 Å². The number of carbonyl (C=O) groups excluding carboxylic acids is 2. The summed E-state index contributed by atoms with van der Waals surface area (Å²) in [6.45, 7) is 6.16. The fourth-order valence-electron chi connectivity index (χ4n) is 3.29. The first-order chi connectivity index (χ1) is 13.0. The number of anilines is 1. The number of nitrogens with zero attached hydrogens (tertiary/aromatic N) is 1. The van der Waals surface area contributed by atoms with Crippen LogP contribution in [0.3, 0.4) is 0 Å². The summed E-state index contributed by atoms with van der Waals surface area (Å²) in [4.78, 5) is 26.7. The first kappa shape index (κ1) is 19.0. The van der Waals surface area contributed by atoms with Gasteiger partial charge in [0.1, 0.15) is 5.75 Å². The molecule has 0 spiro atoms. The Morgan fingerprint density at radius 2 is 1.89 bits per heavy atom. The quantitative estimate of drug-likeness (QED) is 0.847. The molecule has 2 aromatic carbocycles. The van der Waals surface area contributed by atoms with Crippen molar-refractivity contribution in [3.8, 4) is 5.75 Å². The van der Waals surface area contributed by atoms with Gasteiger partial charge < -0.3 is 15.0 Å². The van der Waals surface area contributed by atoms with Crippen molar-refractivity contribution in [3.63, 3.8) is 0 Å². The minimum absolute atomic E-state index is 0.0234. The molecule has 1 N–H and O–H groups in total. The lowest BCUT2D eigenvalue weighted by Crippen LogP contribution is -2.46. The van der Waals surface area contributed by atoms with Gasteiger partial charge in [-0.2, -0.15) is 0 Å². The standard InChI is InChI=1S/C22H26N2O3/c1-4-18(17-11-9-15(2)10-12-17)23-21(25)13-14-24-19-7-5-6-8-20(19)27-16(3)22(24)26/h5-12,16,18H,4,13-14H2,1-3H3,(H,23,25). The zero-order chi connectivity index (χ0) is 19.4. The first-order valence-electron chi connectivity index (χ1n) is 9.42. The number of fused-ring (bicyclic) bond motifs is 1. The van der Waals surface area contributed by atoms with Crippen molar-refractivity contribution >= 4 is 17.5 Å². The Kier molecular flexibility index (Phi) is 5.79. The number of hydrogen-bond donors (Lipinski definition) is 1. The summed E-state index contributed by atoms with van der Waals surface area (Å²) in [5.74, 6) is 0.495. The lowest BCUT2D eigenvalue weighted by molar-refractivity contribution is -0.125. The summed E-state index contributed by atoms with van der Waals surface area (Å²) in [5, 5.41) is 3.08. The third-order valence-corrected chi connectivity index (χ3v) is 4.86. The predicted octanol–water partition coefficient (Wildman–Crippen LogP) is 3.77. The first-order valence-corrected chi connectivity index (χ1v) is 9.42. The van der Waals surface area contributed by atoms with E-state index in [1.54, 1.807) is 11.8 Å². The Hall–Kier alpha value is -2.82. The lowest BCUT2D eigenvalue weighted by Gasteiger charge is -2.33. The van der Waals surface area contributed by atoms with Crippen LogP contribution in [-0.2, 0) is 9.59 Å². The molecule has 0 aromatic heterocycles. The molecular formula is C22H26N2O3. The van der Waals surface area contributed by atoms with E-state index in [-0.39, 0.29) is 24.3 Å². The molecule has 1 aliphatic heterocycles. The van der Waals surface area contributed by atoms with E-state index in [0.717, 1.165) is 17.7 Å². The molecule has 3 rings (SSSR count). The number of nitrogens with one attached hydrogen (secondary N) is 1. The zero-order valence-corrected chi connectivity index (χ0v) is 16.1. The molecule has 1 aliphatic rings. The van der Waals surface area contributed by atoms with Crippen LogP contribution in [0.15, 0.2) is 48.5 Å². The van der Waals surface area contributed by atoms with Crippen molar-refractivity contribution in [1.29, 1.82) is 0 Å². The monoisotopic (exact) mass is 366 g/mol. The minimum atomic E-state index is -0.543. The number of ether oxygens (including phenoxy) is 1. The number of rotatable bonds is 6. The molecular weight excluding hydrogens is 340 g/mol.